The molecule has 0 bridgehead atoms. The smallest absolute Gasteiger partial charge is 0.351 e. The van der Waals surface area contributed by atoms with E-state index in [1.165, 1.54) is 37.3 Å². The Kier molecular flexibility index (Phi) is 8.32. The van der Waals surface area contributed by atoms with Gasteiger partial charge < -0.3 is 13.9 Å². The quantitative estimate of drug-likeness (QED) is 0.187. The molecule has 5 heteroatoms. The van der Waals surface area contributed by atoms with Crippen molar-refractivity contribution in [1.82, 2.24) is 0 Å². The Balaban J connectivity index is 1.81. The van der Waals surface area contributed by atoms with Crippen molar-refractivity contribution in [3.05, 3.63) is 69.0 Å². The Morgan fingerprint density at radius 3 is 2.55 bits per heavy atom. The minimum atomic E-state index is -0.817. The fraction of sp³-hybridized carbons (Fsp3) is 0.429. The molecular weight excluding hydrogens is 416 g/mol. The van der Waals surface area contributed by atoms with Crippen molar-refractivity contribution in [2.45, 2.75) is 78.6 Å². The SMILES string of the molecule is CCCCCCc1ccc2oc(C=C(C)C(=O)c3c(O)cc(C(C)CCC)oc3=O)cc2c1. The molecule has 2 aromatic heterocycles. The molecule has 2 heterocycles. The average Bonchev–Trinajstić information content (AvgIpc) is 3.17. The normalized spacial score (nSPS) is 12.9. The highest BCUT2D eigenvalue weighted by Crippen LogP contribution is 2.27. The van der Waals surface area contributed by atoms with Crippen LogP contribution in [0.25, 0.3) is 17.0 Å². The number of carbonyl (C=O) groups excluding carboxylic acids is 1. The van der Waals surface area contributed by atoms with Crippen LogP contribution in [0.1, 0.15) is 99.6 Å². The number of aryl methyl sites for hydroxylation is 1. The zero-order valence-electron chi connectivity index (χ0n) is 20.1. The zero-order chi connectivity index (χ0) is 24.0. The van der Waals surface area contributed by atoms with Gasteiger partial charge in [-0.2, -0.15) is 0 Å². The molecule has 0 saturated heterocycles. The maximum Gasteiger partial charge on any atom is 0.351 e. The number of fused-ring (bicyclic) bond motifs is 1. The lowest BCUT2D eigenvalue weighted by Gasteiger charge is -2.10. The van der Waals surface area contributed by atoms with Crippen molar-refractivity contribution in [1.29, 1.82) is 0 Å². The van der Waals surface area contributed by atoms with Crippen molar-refractivity contribution in [2.75, 3.05) is 0 Å². The van der Waals surface area contributed by atoms with Gasteiger partial charge in [0.15, 0.2) is 5.78 Å². The lowest BCUT2D eigenvalue weighted by Crippen LogP contribution is -2.16. The predicted molar refractivity (Wildman–Crippen MR) is 132 cm³/mol. The minimum absolute atomic E-state index is 0.0125. The summed E-state index contributed by atoms with van der Waals surface area (Å²) in [4.78, 5) is 25.4. The Bertz CT molecular complexity index is 1190. The number of hydrogen-bond donors (Lipinski definition) is 1. The van der Waals surface area contributed by atoms with Crippen LogP contribution in [-0.4, -0.2) is 10.9 Å². The summed E-state index contributed by atoms with van der Waals surface area (Å²) in [5.74, 6) is -0.0230. The molecule has 1 atom stereocenters. The average molecular weight is 451 g/mol. The van der Waals surface area contributed by atoms with Gasteiger partial charge in [0.05, 0.1) is 0 Å². The van der Waals surface area contributed by atoms with Crippen LogP contribution in [-0.2, 0) is 6.42 Å². The van der Waals surface area contributed by atoms with Crippen LogP contribution >= 0.6 is 0 Å². The molecule has 5 nitrogen and oxygen atoms in total. The van der Waals surface area contributed by atoms with Crippen molar-refractivity contribution in [3.63, 3.8) is 0 Å². The molecule has 3 aromatic rings. The molecular formula is C28H34O5. The first-order valence-corrected chi connectivity index (χ1v) is 12.0. The summed E-state index contributed by atoms with van der Waals surface area (Å²) in [5.41, 5.74) is 1.13. The van der Waals surface area contributed by atoms with E-state index in [4.69, 9.17) is 8.83 Å². The summed E-state index contributed by atoms with van der Waals surface area (Å²) in [6, 6.07) is 9.42. The molecule has 1 aromatic carbocycles. The fourth-order valence-corrected chi connectivity index (χ4v) is 4.10. The van der Waals surface area contributed by atoms with E-state index in [0.717, 1.165) is 30.2 Å². The summed E-state index contributed by atoms with van der Waals surface area (Å²) in [6.07, 6.45) is 9.24. The number of benzene rings is 1. The van der Waals surface area contributed by atoms with Gasteiger partial charge in [-0.1, -0.05) is 52.5 Å². The number of furan rings is 1. The molecule has 0 spiro atoms. The van der Waals surface area contributed by atoms with E-state index in [1.54, 1.807) is 13.0 Å². The van der Waals surface area contributed by atoms with Gasteiger partial charge in [-0.25, -0.2) is 4.79 Å². The summed E-state index contributed by atoms with van der Waals surface area (Å²) in [6.45, 7) is 7.76. The van der Waals surface area contributed by atoms with E-state index in [-0.39, 0.29) is 22.8 Å². The van der Waals surface area contributed by atoms with Gasteiger partial charge in [0, 0.05) is 22.9 Å². The zero-order valence-corrected chi connectivity index (χ0v) is 20.1. The van der Waals surface area contributed by atoms with Gasteiger partial charge in [0.1, 0.15) is 28.4 Å². The minimum Gasteiger partial charge on any atom is -0.507 e. The van der Waals surface area contributed by atoms with E-state index in [9.17, 15) is 14.7 Å². The number of allylic oxidation sites excluding steroid dienone is 1. The number of ketones is 1. The van der Waals surface area contributed by atoms with Crippen LogP contribution in [0.5, 0.6) is 5.75 Å². The van der Waals surface area contributed by atoms with E-state index < -0.39 is 11.4 Å². The first-order chi connectivity index (χ1) is 15.8. The van der Waals surface area contributed by atoms with Crippen LogP contribution < -0.4 is 5.63 Å². The van der Waals surface area contributed by atoms with E-state index in [2.05, 4.69) is 19.1 Å². The Labute approximate surface area is 195 Å². The van der Waals surface area contributed by atoms with Gasteiger partial charge in [-0.3, -0.25) is 4.79 Å². The molecule has 0 saturated carbocycles. The maximum atomic E-state index is 12.9. The van der Waals surface area contributed by atoms with Crippen molar-refractivity contribution < 1.29 is 18.7 Å². The van der Waals surface area contributed by atoms with Crippen molar-refractivity contribution in [2.24, 2.45) is 0 Å². The monoisotopic (exact) mass is 450 g/mol. The van der Waals surface area contributed by atoms with Crippen molar-refractivity contribution in [3.8, 4) is 5.75 Å². The van der Waals surface area contributed by atoms with Crippen molar-refractivity contribution >= 4 is 22.8 Å². The second kappa shape index (κ2) is 11.2. The van der Waals surface area contributed by atoms with Crippen LogP contribution in [0.2, 0.25) is 0 Å². The van der Waals surface area contributed by atoms with Crippen LogP contribution in [0, 0.1) is 0 Å². The molecule has 1 N–H and O–H groups in total. The molecule has 3 rings (SSSR count). The summed E-state index contributed by atoms with van der Waals surface area (Å²) in [5, 5.41) is 11.4. The number of Topliss-reactive ketones (excluding diaryl/α,β-unsaturated/α-hetero) is 1. The highest BCUT2D eigenvalue weighted by molar-refractivity contribution is 6.12. The lowest BCUT2D eigenvalue weighted by atomic mass is 10.00. The Hall–Kier alpha value is -3.08. The fourth-order valence-electron chi connectivity index (χ4n) is 4.10. The third-order valence-electron chi connectivity index (χ3n) is 6.02. The molecule has 0 amide bonds. The molecule has 0 aliphatic carbocycles. The largest absolute Gasteiger partial charge is 0.507 e. The predicted octanol–water partition coefficient (Wildman–Crippen LogP) is 7.40. The van der Waals surface area contributed by atoms with Crippen LogP contribution in [0.15, 0.2) is 49.5 Å². The van der Waals surface area contributed by atoms with Gasteiger partial charge >= 0.3 is 5.63 Å². The van der Waals surface area contributed by atoms with Gasteiger partial charge in [0.2, 0.25) is 0 Å². The number of aromatic hydroxyl groups is 1. The number of hydrogen-bond acceptors (Lipinski definition) is 5. The standard InChI is InChI=1S/C28H34O5/c1-5-7-8-9-11-20-12-13-24-21(15-20)16-22(32-24)14-19(4)27(30)26-23(29)17-25(33-28(26)31)18(3)10-6-2/h12-18,29H,5-11H2,1-4H3. The van der Waals surface area contributed by atoms with Gasteiger partial charge in [0.25, 0.3) is 0 Å². The number of unbranched alkanes of at least 4 members (excludes halogenated alkanes) is 3. The molecule has 176 valence electrons. The second-order valence-corrected chi connectivity index (χ2v) is 8.87. The molecule has 33 heavy (non-hydrogen) atoms. The highest BCUT2D eigenvalue weighted by atomic mass is 16.4. The molecule has 1 unspecified atom stereocenters. The number of rotatable bonds is 11. The first kappa shape index (κ1) is 24.6. The number of carbonyl (C=O) groups is 1. The summed E-state index contributed by atoms with van der Waals surface area (Å²) < 4.78 is 11.2. The molecule has 0 radical (unpaired) electrons. The summed E-state index contributed by atoms with van der Waals surface area (Å²) in [7, 11) is 0. The highest BCUT2D eigenvalue weighted by Gasteiger charge is 2.22. The van der Waals surface area contributed by atoms with Crippen LogP contribution in [0.4, 0.5) is 0 Å². The third kappa shape index (κ3) is 6.04. The molecule has 0 aliphatic rings. The maximum absolute atomic E-state index is 12.9. The molecule has 0 fully saturated rings. The van der Waals surface area contributed by atoms with E-state index in [1.807, 2.05) is 26.0 Å². The second-order valence-electron chi connectivity index (χ2n) is 8.87. The summed E-state index contributed by atoms with van der Waals surface area (Å²) >= 11 is 0. The Morgan fingerprint density at radius 2 is 1.85 bits per heavy atom. The first-order valence-electron chi connectivity index (χ1n) is 12.0. The lowest BCUT2D eigenvalue weighted by molar-refractivity contribution is 0.102. The van der Waals surface area contributed by atoms with E-state index in [0.29, 0.717) is 11.5 Å². The van der Waals surface area contributed by atoms with Gasteiger partial charge in [-0.05, 0) is 56.0 Å². The Morgan fingerprint density at radius 1 is 1.06 bits per heavy atom. The molecule has 0 aliphatic heterocycles. The van der Waals surface area contributed by atoms with E-state index >= 15 is 0 Å². The third-order valence-corrected chi connectivity index (χ3v) is 6.02. The van der Waals surface area contributed by atoms with Crippen LogP contribution in [0.3, 0.4) is 0 Å². The van der Waals surface area contributed by atoms with Gasteiger partial charge in [-0.15, -0.1) is 0 Å². The topological polar surface area (TPSA) is 80.7 Å².